The zero-order valence-electron chi connectivity index (χ0n) is 32.4. The number of nitrogens with zero attached hydrogens (tertiary/aromatic N) is 5. The van der Waals surface area contributed by atoms with E-state index in [0.717, 1.165) is 89.3 Å². The van der Waals surface area contributed by atoms with Crippen molar-refractivity contribution in [2.45, 2.75) is 0 Å². The van der Waals surface area contributed by atoms with Gasteiger partial charge in [0.1, 0.15) is 17.3 Å². The van der Waals surface area contributed by atoms with Gasteiger partial charge in [0.2, 0.25) is 0 Å². The van der Waals surface area contributed by atoms with Gasteiger partial charge >= 0.3 is 0 Å². The average Bonchev–Trinajstić information content (AvgIpc) is 3.90. The fourth-order valence-corrected chi connectivity index (χ4v) is 8.97. The topological polar surface area (TPSA) is 48.0 Å². The molecule has 3 heterocycles. The molecule has 0 saturated carbocycles. The van der Waals surface area contributed by atoms with E-state index in [1.165, 1.54) is 16.2 Å². The zero-order valence-corrected chi connectivity index (χ0v) is 32.4. The van der Waals surface area contributed by atoms with Crippen molar-refractivity contribution in [1.29, 1.82) is 0 Å². The van der Waals surface area contributed by atoms with E-state index < -0.39 is 0 Å². The molecular weight excluding hydrogens is 731 g/mol. The Morgan fingerprint density at radius 1 is 0.300 bits per heavy atom. The fraction of sp³-hybridized carbons (Fsp3) is 0. The molecular formula is C55H35N5. The zero-order chi connectivity index (χ0) is 39.6. The Hall–Kier alpha value is -8.15. The van der Waals surface area contributed by atoms with Crippen molar-refractivity contribution in [2.24, 2.45) is 0 Å². The number of aromatic nitrogens is 5. The lowest BCUT2D eigenvalue weighted by molar-refractivity contribution is 1.05. The van der Waals surface area contributed by atoms with Crippen molar-refractivity contribution in [3.05, 3.63) is 212 Å². The first-order chi connectivity index (χ1) is 29.8. The monoisotopic (exact) mass is 765 g/mol. The third kappa shape index (κ3) is 5.37. The molecule has 0 N–H and O–H groups in total. The minimum atomic E-state index is 0.705. The van der Waals surface area contributed by atoms with Gasteiger partial charge in [-0.25, -0.2) is 15.0 Å². The van der Waals surface area contributed by atoms with Gasteiger partial charge in [-0.2, -0.15) is 0 Å². The molecule has 0 saturated heterocycles. The van der Waals surface area contributed by atoms with E-state index in [4.69, 9.17) is 15.0 Å². The van der Waals surface area contributed by atoms with Crippen LogP contribution >= 0.6 is 0 Å². The molecule has 0 aliphatic heterocycles. The Morgan fingerprint density at radius 2 is 0.767 bits per heavy atom. The average molecular weight is 766 g/mol. The van der Waals surface area contributed by atoms with Gasteiger partial charge in [0.05, 0.1) is 16.7 Å². The summed E-state index contributed by atoms with van der Waals surface area (Å²) < 4.78 is 4.57. The largest absolute Gasteiger partial charge is 0.292 e. The molecule has 5 nitrogen and oxygen atoms in total. The van der Waals surface area contributed by atoms with Crippen LogP contribution in [0.2, 0.25) is 0 Å². The maximum absolute atomic E-state index is 5.43. The van der Waals surface area contributed by atoms with Gasteiger partial charge in [-0.05, 0) is 39.6 Å². The van der Waals surface area contributed by atoms with Crippen LogP contribution < -0.4 is 0 Å². The molecule has 3 aromatic heterocycles. The Morgan fingerprint density at radius 3 is 1.42 bits per heavy atom. The van der Waals surface area contributed by atoms with Gasteiger partial charge in [0.25, 0.3) is 0 Å². The van der Waals surface area contributed by atoms with Crippen molar-refractivity contribution in [3.8, 4) is 62.2 Å². The van der Waals surface area contributed by atoms with E-state index in [0.29, 0.717) is 5.82 Å². The van der Waals surface area contributed by atoms with Crippen LogP contribution in [0.3, 0.4) is 0 Å². The highest BCUT2D eigenvalue weighted by atomic mass is 15.1. The molecule has 0 bridgehead atoms. The number of para-hydroxylation sites is 1. The summed E-state index contributed by atoms with van der Waals surface area (Å²) >= 11 is 0. The Balaban J connectivity index is 0.983. The van der Waals surface area contributed by atoms with Gasteiger partial charge in [0.15, 0.2) is 5.82 Å². The van der Waals surface area contributed by atoms with Gasteiger partial charge in [-0.1, -0.05) is 200 Å². The van der Waals surface area contributed by atoms with Crippen LogP contribution in [0, 0.1) is 0 Å². The molecule has 0 aliphatic carbocycles. The normalized spacial score (nSPS) is 11.7. The summed E-state index contributed by atoms with van der Waals surface area (Å²) in [7, 11) is 0. The molecule has 0 amide bonds. The smallest absolute Gasteiger partial charge is 0.163 e. The predicted octanol–water partition coefficient (Wildman–Crippen LogP) is 13.9. The molecule has 60 heavy (non-hydrogen) atoms. The lowest BCUT2D eigenvalue weighted by Gasteiger charge is -2.13. The van der Waals surface area contributed by atoms with E-state index in [-0.39, 0.29) is 0 Å². The molecule has 12 rings (SSSR count). The summed E-state index contributed by atoms with van der Waals surface area (Å²) in [5.41, 5.74) is 11.6. The molecule has 0 aliphatic rings. The summed E-state index contributed by atoms with van der Waals surface area (Å²) in [4.78, 5) is 15.9. The molecule has 280 valence electrons. The highest BCUT2D eigenvalue weighted by molar-refractivity contribution is 6.24. The molecule has 0 radical (unpaired) electrons. The second-order valence-electron chi connectivity index (χ2n) is 15.2. The lowest BCUT2D eigenvalue weighted by Crippen LogP contribution is -2.03. The van der Waals surface area contributed by atoms with Crippen molar-refractivity contribution in [1.82, 2.24) is 23.9 Å². The van der Waals surface area contributed by atoms with Crippen molar-refractivity contribution < 1.29 is 0 Å². The van der Waals surface area contributed by atoms with Crippen LogP contribution in [0.25, 0.3) is 111 Å². The van der Waals surface area contributed by atoms with E-state index in [2.05, 4.69) is 197 Å². The first-order valence-electron chi connectivity index (χ1n) is 20.3. The van der Waals surface area contributed by atoms with Gasteiger partial charge in [0, 0.05) is 43.9 Å². The second kappa shape index (κ2) is 13.8. The third-order valence-corrected chi connectivity index (χ3v) is 11.7. The summed E-state index contributed by atoms with van der Waals surface area (Å²) in [5, 5.41) is 7.00. The summed E-state index contributed by atoms with van der Waals surface area (Å²) in [6.07, 6.45) is 0. The number of rotatable bonds is 6. The molecule has 9 aromatic carbocycles. The minimum absolute atomic E-state index is 0.705. The second-order valence-corrected chi connectivity index (χ2v) is 15.2. The Labute approximate surface area is 346 Å². The maximum Gasteiger partial charge on any atom is 0.163 e. The van der Waals surface area contributed by atoms with Crippen LogP contribution in [0.15, 0.2) is 212 Å². The molecule has 0 unspecified atom stereocenters. The van der Waals surface area contributed by atoms with Crippen LogP contribution in [0.4, 0.5) is 0 Å². The van der Waals surface area contributed by atoms with Gasteiger partial charge < -0.3 is 0 Å². The molecule has 12 aromatic rings. The number of hydrogen-bond acceptors (Lipinski definition) is 3. The van der Waals surface area contributed by atoms with Crippen molar-refractivity contribution in [2.75, 3.05) is 0 Å². The molecule has 0 spiro atoms. The molecule has 0 atom stereocenters. The fourth-order valence-electron chi connectivity index (χ4n) is 8.97. The van der Waals surface area contributed by atoms with Crippen LogP contribution in [0.5, 0.6) is 0 Å². The van der Waals surface area contributed by atoms with Crippen LogP contribution in [-0.4, -0.2) is 23.9 Å². The van der Waals surface area contributed by atoms with Crippen LogP contribution in [0.1, 0.15) is 0 Å². The minimum Gasteiger partial charge on any atom is -0.292 e. The van der Waals surface area contributed by atoms with E-state index in [9.17, 15) is 0 Å². The molecule has 0 fully saturated rings. The highest BCUT2D eigenvalue weighted by Gasteiger charge is 2.22. The number of imidazole rings is 1. The van der Waals surface area contributed by atoms with E-state index >= 15 is 0 Å². The standard InChI is InChI=1S/C55H35N5/c1-4-16-39(17-5-1)52-57-54(40-18-6-2-7-19-40)60-50(47-26-14-15-27-48(47)55(60)58-52)38-32-28-36(29-33-38)37-30-34-41(35-31-37)53-56-49-45-24-12-10-22-43(45)44-23-11-13-25-46(44)51(49)59(53)42-20-8-3-9-21-42/h1-35H. The van der Waals surface area contributed by atoms with Crippen molar-refractivity contribution in [3.63, 3.8) is 0 Å². The quantitative estimate of drug-likeness (QED) is 0.158. The summed E-state index contributed by atoms with van der Waals surface area (Å²) in [5.74, 6) is 2.47. The SMILES string of the molecule is c1ccc(-c2nc(-c3ccccc3)n3c(-c4ccc(-c5ccc(-c6nc7c8ccccc8c8ccccc8c7n6-c6ccccc6)cc5)cc4)c4ccccc4c3n2)cc1. The predicted molar refractivity (Wildman–Crippen MR) is 247 cm³/mol. The highest BCUT2D eigenvalue weighted by Crippen LogP contribution is 2.41. The lowest BCUT2D eigenvalue weighted by atomic mass is 10.00. The summed E-state index contributed by atoms with van der Waals surface area (Å²) in [6, 6.07) is 74.8. The number of hydrogen-bond donors (Lipinski definition) is 0. The first kappa shape index (κ1) is 33.9. The van der Waals surface area contributed by atoms with Gasteiger partial charge in [-0.3, -0.25) is 8.97 Å². The van der Waals surface area contributed by atoms with E-state index in [1.54, 1.807) is 0 Å². The third-order valence-electron chi connectivity index (χ3n) is 11.7. The first-order valence-corrected chi connectivity index (χ1v) is 20.3. The Kier molecular flexibility index (Phi) is 7.78. The Bertz CT molecular complexity index is 3550. The number of benzene rings is 9. The maximum atomic E-state index is 5.43. The molecule has 5 heteroatoms. The number of fused-ring (bicyclic) bond motifs is 9. The van der Waals surface area contributed by atoms with E-state index in [1.807, 2.05) is 24.3 Å². The summed E-state index contributed by atoms with van der Waals surface area (Å²) in [6.45, 7) is 0. The van der Waals surface area contributed by atoms with Crippen molar-refractivity contribution >= 4 is 49.0 Å². The van der Waals surface area contributed by atoms with Crippen LogP contribution in [-0.2, 0) is 0 Å². The van der Waals surface area contributed by atoms with Gasteiger partial charge in [-0.15, -0.1) is 0 Å².